The average molecular weight is 354 g/mol. The first-order valence-corrected chi connectivity index (χ1v) is 8.72. The molecule has 0 bridgehead atoms. The highest BCUT2D eigenvalue weighted by Crippen LogP contribution is 2.23. The Bertz CT molecular complexity index is 696. The van der Waals surface area contributed by atoms with E-state index in [1.165, 1.54) is 4.31 Å². The van der Waals surface area contributed by atoms with E-state index in [0.29, 0.717) is 15.9 Å². The molecular formula is C15H16BrNO2S. The van der Waals surface area contributed by atoms with Crippen molar-refractivity contribution in [3.8, 4) is 0 Å². The summed E-state index contributed by atoms with van der Waals surface area (Å²) >= 11 is 3.35. The molecule has 0 aliphatic heterocycles. The van der Waals surface area contributed by atoms with Crippen LogP contribution in [0.4, 0.5) is 5.69 Å². The first-order chi connectivity index (χ1) is 9.45. The van der Waals surface area contributed by atoms with E-state index < -0.39 is 10.0 Å². The summed E-state index contributed by atoms with van der Waals surface area (Å²) in [5.41, 5.74) is 2.73. The highest BCUT2D eigenvalue weighted by Gasteiger charge is 2.21. The first-order valence-electron chi connectivity index (χ1n) is 6.15. The third kappa shape index (κ3) is 3.04. The third-order valence-electron chi connectivity index (χ3n) is 3.10. The van der Waals surface area contributed by atoms with Gasteiger partial charge in [0, 0.05) is 12.4 Å². The SMILES string of the molecule is Cc1cccc(N(C)S(=O)(=O)c2ccc(CBr)cc2)c1. The molecule has 0 aliphatic carbocycles. The quantitative estimate of drug-likeness (QED) is 0.785. The van der Waals surface area contributed by atoms with Crippen molar-refractivity contribution in [1.82, 2.24) is 0 Å². The summed E-state index contributed by atoms with van der Waals surface area (Å²) in [7, 11) is -1.94. The summed E-state index contributed by atoms with van der Waals surface area (Å²) in [5.74, 6) is 0. The average Bonchev–Trinajstić information content (AvgIpc) is 2.46. The molecule has 106 valence electrons. The van der Waals surface area contributed by atoms with Gasteiger partial charge in [-0.15, -0.1) is 0 Å². The lowest BCUT2D eigenvalue weighted by molar-refractivity contribution is 0.594. The maximum absolute atomic E-state index is 12.6. The van der Waals surface area contributed by atoms with Gasteiger partial charge in [-0.1, -0.05) is 40.2 Å². The van der Waals surface area contributed by atoms with Crippen LogP contribution in [0.2, 0.25) is 0 Å². The van der Waals surface area contributed by atoms with Crippen molar-refractivity contribution in [2.75, 3.05) is 11.4 Å². The van der Waals surface area contributed by atoms with Crippen LogP contribution in [0.3, 0.4) is 0 Å². The fourth-order valence-electron chi connectivity index (χ4n) is 1.87. The zero-order valence-corrected chi connectivity index (χ0v) is 13.8. The molecule has 0 radical (unpaired) electrons. The molecular weight excluding hydrogens is 338 g/mol. The summed E-state index contributed by atoms with van der Waals surface area (Å²) < 4.78 is 26.4. The summed E-state index contributed by atoms with van der Waals surface area (Å²) in [6.45, 7) is 1.94. The Morgan fingerprint density at radius 2 is 1.75 bits per heavy atom. The third-order valence-corrected chi connectivity index (χ3v) is 5.55. The van der Waals surface area contributed by atoms with Gasteiger partial charge in [0.15, 0.2) is 0 Å². The lowest BCUT2D eigenvalue weighted by Gasteiger charge is -2.20. The molecule has 2 rings (SSSR count). The number of rotatable bonds is 4. The molecule has 0 N–H and O–H groups in total. The number of halogens is 1. The molecule has 0 aliphatic rings. The molecule has 0 unspecified atom stereocenters. The van der Waals surface area contributed by atoms with Gasteiger partial charge in [0.1, 0.15) is 0 Å². The van der Waals surface area contributed by atoms with Crippen LogP contribution in [-0.4, -0.2) is 15.5 Å². The van der Waals surface area contributed by atoms with E-state index in [2.05, 4.69) is 15.9 Å². The van der Waals surface area contributed by atoms with Crippen molar-refractivity contribution in [2.45, 2.75) is 17.1 Å². The van der Waals surface area contributed by atoms with Gasteiger partial charge in [-0.25, -0.2) is 8.42 Å². The fourth-order valence-corrected chi connectivity index (χ4v) is 3.43. The zero-order chi connectivity index (χ0) is 14.8. The summed E-state index contributed by atoms with van der Waals surface area (Å²) in [5, 5.41) is 0.709. The van der Waals surface area contributed by atoms with Gasteiger partial charge >= 0.3 is 0 Å². The predicted octanol–water partition coefficient (Wildman–Crippen LogP) is 3.72. The molecule has 2 aromatic carbocycles. The number of alkyl halides is 1. The van der Waals surface area contributed by atoms with Crippen molar-refractivity contribution in [1.29, 1.82) is 0 Å². The monoisotopic (exact) mass is 353 g/mol. The van der Waals surface area contributed by atoms with Gasteiger partial charge < -0.3 is 0 Å². The minimum atomic E-state index is -3.52. The maximum Gasteiger partial charge on any atom is 0.264 e. The van der Waals surface area contributed by atoms with Crippen LogP contribution in [0.25, 0.3) is 0 Å². The standard InChI is InChI=1S/C15H16BrNO2S/c1-12-4-3-5-14(10-12)17(2)20(18,19)15-8-6-13(11-16)7-9-15/h3-10H,11H2,1-2H3. The molecule has 2 aromatic rings. The van der Waals surface area contributed by atoms with E-state index in [4.69, 9.17) is 0 Å². The van der Waals surface area contributed by atoms with E-state index in [0.717, 1.165) is 11.1 Å². The van der Waals surface area contributed by atoms with Crippen LogP contribution in [0.5, 0.6) is 0 Å². The Morgan fingerprint density at radius 3 is 2.30 bits per heavy atom. The van der Waals surface area contributed by atoms with Gasteiger partial charge in [0.25, 0.3) is 10.0 Å². The molecule has 0 atom stereocenters. The van der Waals surface area contributed by atoms with Gasteiger partial charge in [0.05, 0.1) is 10.6 Å². The molecule has 0 saturated heterocycles. The smallest absolute Gasteiger partial charge is 0.264 e. The van der Waals surface area contributed by atoms with Gasteiger partial charge in [-0.2, -0.15) is 0 Å². The predicted molar refractivity (Wildman–Crippen MR) is 85.8 cm³/mol. The molecule has 5 heteroatoms. The molecule has 0 aromatic heterocycles. The van der Waals surface area contributed by atoms with Gasteiger partial charge in [-0.3, -0.25) is 4.31 Å². The molecule has 0 saturated carbocycles. The lowest BCUT2D eigenvalue weighted by atomic mass is 10.2. The minimum Gasteiger partial charge on any atom is -0.269 e. The Labute approximate surface area is 128 Å². The van der Waals surface area contributed by atoms with Crippen molar-refractivity contribution >= 4 is 31.6 Å². The number of nitrogens with zero attached hydrogens (tertiary/aromatic N) is 1. The fraction of sp³-hybridized carbons (Fsp3) is 0.200. The van der Waals surface area contributed by atoms with Crippen LogP contribution in [-0.2, 0) is 15.4 Å². The highest BCUT2D eigenvalue weighted by molar-refractivity contribution is 9.08. The Hall–Kier alpha value is -1.33. The number of hydrogen-bond acceptors (Lipinski definition) is 2. The van der Waals surface area contributed by atoms with Crippen molar-refractivity contribution in [2.24, 2.45) is 0 Å². The molecule has 3 nitrogen and oxygen atoms in total. The summed E-state index contributed by atoms with van der Waals surface area (Å²) in [6, 6.07) is 14.3. The van der Waals surface area contributed by atoms with Crippen LogP contribution < -0.4 is 4.31 Å². The maximum atomic E-state index is 12.6. The molecule has 0 spiro atoms. The second kappa shape index (κ2) is 5.97. The minimum absolute atomic E-state index is 0.297. The number of hydrogen-bond donors (Lipinski definition) is 0. The van der Waals surface area contributed by atoms with E-state index in [1.54, 1.807) is 25.2 Å². The number of anilines is 1. The zero-order valence-electron chi connectivity index (χ0n) is 11.4. The Kier molecular flexibility index (Phi) is 4.50. The number of benzene rings is 2. The van der Waals surface area contributed by atoms with Crippen LogP contribution in [0.1, 0.15) is 11.1 Å². The van der Waals surface area contributed by atoms with Crippen LogP contribution in [0, 0.1) is 6.92 Å². The molecule has 0 fully saturated rings. The van der Waals surface area contributed by atoms with Crippen molar-refractivity contribution in [3.63, 3.8) is 0 Å². The first kappa shape index (κ1) is 15.1. The molecule has 0 amide bonds. The second-order valence-electron chi connectivity index (χ2n) is 4.59. The van der Waals surface area contributed by atoms with E-state index >= 15 is 0 Å². The molecule has 0 heterocycles. The van der Waals surface area contributed by atoms with E-state index in [9.17, 15) is 8.42 Å². The van der Waals surface area contributed by atoms with Gasteiger partial charge in [0.2, 0.25) is 0 Å². The second-order valence-corrected chi connectivity index (χ2v) is 7.12. The highest BCUT2D eigenvalue weighted by atomic mass is 79.9. The number of aryl methyl sites for hydroxylation is 1. The van der Waals surface area contributed by atoms with Crippen molar-refractivity contribution < 1.29 is 8.42 Å². The lowest BCUT2D eigenvalue weighted by Crippen LogP contribution is -2.26. The summed E-state index contributed by atoms with van der Waals surface area (Å²) in [6.07, 6.45) is 0. The van der Waals surface area contributed by atoms with Crippen molar-refractivity contribution in [3.05, 3.63) is 59.7 Å². The van der Waals surface area contributed by atoms with E-state index in [-0.39, 0.29) is 0 Å². The summed E-state index contributed by atoms with van der Waals surface area (Å²) in [4.78, 5) is 0.297. The van der Waals surface area contributed by atoms with Crippen LogP contribution >= 0.6 is 15.9 Å². The van der Waals surface area contributed by atoms with Crippen LogP contribution in [0.15, 0.2) is 53.4 Å². The van der Waals surface area contributed by atoms with Gasteiger partial charge in [-0.05, 0) is 42.3 Å². The topological polar surface area (TPSA) is 37.4 Å². The van der Waals surface area contributed by atoms with E-state index in [1.807, 2.05) is 37.3 Å². The largest absolute Gasteiger partial charge is 0.269 e. The normalized spacial score (nSPS) is 11.3. The molecule has 20 heavy (non-hydrogen) atoms. The Balaban J connectivity index is 2.38. The number of sulfonamides is 1. The Morgan fingerprint density at radius 1 is 1.10 bits per heavy atom.